The molecule has 3 heteroatoms. The molecule has 0 saturated carbocycles. The third-order valence-electron chi connectivity index (χ3n) is 3.50. The molecule has 1 heterocycles. The largest absolute Gasteiger partial charge is 0.296 e. The second-order valence-electron chi connectivity index (χ2n) is 4.88. The van der Waals surface area contributed by atoms with Crippen LogP contribution in [0.15, 0.2) is 48.7 Å². The lowest BCUT2D eigenvalue weighted by Gasteiger charge is -2.24. The summed E-state index contributed by atoms with van der Waals surface area (Å²) < 4.78 is 0. The highest BCUT2D eigenvalue weighted by molar-refractivity contribution is 5.25. The predicted molar refractivity (Wildman–Crippen MR) is 74.3 cm³/mol. The Balaban J connectivity index is 1.59. The first kappa shape index (κ1) is 12.3. The van der Waals surface area contributed by atoms with Crippen molar-refractivity contribution < 1.29 is 4.84 Å². The van der Waals surface area contributed by atoms with Gasteiger partial charge in [0.15, 0.2) is 0 Å². The summed E-state index contributed by atoms with van der Waals surface area (Å²) in [5.41, 5.74) is 6.82. The molecular weight excluding hydrogens is 236 g/mol. The fourth-order valence-corrected chi connectivity index (χ4v) is 2.52. The highest BCUT2D eigenvalue weighted by Gasteiger charge is 2.20. The Hall–Kier alpha value is -1.71. The van der Waals surface area contributed by atoms with Crippen molar-refractivity contribution in [2.45, 2.75) is 31.9 Å². The van der Waals surface area contributed by atoms with Gasteiger partial charge in [-0.15, -0.1) is 0 Å². The Morgan fingerprint density at radius 3 is 2.95 bits per heavy atom. The summed E-state index contributed by atoms with van der Waals surface area (Å²) >= 11 is 0. The van der Waals surface area contributed by atoms with Crippen molar-refractivity contribution in [2.75, 3.05) is 0 Å². The lowest BCUT2D eigenvalue weighted by atomic mass is 9.92. The van der Waals surface area contributed by atoms with E-state index in [-0.39, 0.29) is 6.04 Å². The van der Waals surface area contributed by atoms with Crippen molar-refractivity contribution in [1.29, 1.82) is 0 Å². The summed E-state index contributed by atoms with van der Waals surface area (Å²) in [7, 11) is 0. The van der Waals surface area contributed by atoms with Crippen LogP contribution in [0.25, 0.3) is 0 Å². The minimum atomic E-state index is 0.216. The molecule has 3 nitrogen and oxygen atoms in total. The van der Waals surface area contributed by atoms with Crippen LogP contribution in [-0.4, -0.2) is 4.98 Å². The van der Waals surface area contributed by atoms with Crippen LogP contribution in [0, 0.1) is 0 Å². The van der Waals surface area contributed by atoms with Crippen LogP contribution in [0.2, 0.25) is 0 Å². The summed E-state index contributed by atoms with van der Waals surface area (Å²) in [5.74, 6) is 0. The maximum Gasteiger partial charge on any atom is 0.0933 e. The Morgan fingerprint density at radius 2 is 2.05 bits per heavy atom. The molecule has 1 unspecified atom stereocenters. The Bertz CT molecular complexity index is 527. The van der Waals surface area contributed by atoms with Crippen molar-refractivity contribution in [3.63, 3.8) is 0 Å². The smallest absolute Gasteiger partial charge is 0.0933 e. The molecule has 1 aliphatic carbocycles. The van der Waals surface area contributed by atoms with E-state index < -0.39 is 0 Å². The molecule has 0 amide bonds. The van der Waals surface area contributed by atoms with Gasteiger partial charge in [0.25, 0.3) is 0 Å². The number of aromatic nitrogens is 1. The van der Waals surface area contributed by atoms with E-state index in [9.17, 15) is 0 Å². The third kappa shape index (κ3) is 3.00. The molecule has 98 valence electrons. The van der Waals surface area contributed by atoms with E-state index in [1.165, 1.54) is 17.5 Å². The second-order valence-corrected chi connectivity index (χ2v) is 4.88. The fourth-order valence-electron chi connectivity index (χ4n) is 2.52. The predicted octanol–water partition coefficient (Wildman–Crippen LogP) is 3.18. The molecule has 0 fully saturated rings. The van der Waals surface area contributed by atoms with Crippen LogP contribution in [0.5, 0.6) is 0 Å². The Kier molecular flexibility index (Phi) is 3.86. The lowest BCUT2D eigenvalue weighted by Crippen LogP contribution is -2.26. The number of fused-ring (bicyclic) bond motifs is 1. The first-order valence-electron chi connectivity index (χ1n) is 6.78. The zero-order chi connectivity index (χ0) is 12.9. The summed E-state index contributed by atoms with van der Waals surface area (Å²) in [5, 5.41) is 0. The first-order chi connectivity index (χ1) is 9.43. The van der Waals surface area contributed by atoms with E-state index in [2.05, 4.69) is 28.7 Å². The highest BCUT2D eigenvalue weighted by Crippen LogP contribution is 2.27. The van der Waals surface area contributed by atoms with Crippen molar-refractivity contribution in [1.82, 2.24) is 10.5 Å². The third-order valence-corrected chi connectivity index (χ3v) is 3.50. The van der Waals surface area contributed by atoms with E-state index in [0.29, 0.717) is 6.61 Å². The topological polar surface area (TPSA) is 34.1 Å². The van der Waals surface area contributed by atoms with Gasteiger partial charge < -0.3 is 0 Å². The van der Waals surface area contributed by atoms with Gasteiger partial charge in [0.2, 0.25) is 0 Å². The van der Waals surface area contributed by atoms with E-state index in [1.807, 2.05) is 30.5 Å². The molecule has 1 aliphatic rings. The number of rotatable bonds is 4. The lowest BCUT2D eigenvalue weighted by molar-refractivity contribution is -0.00191. The fraction of sp³-hybridized carbons (Fsp3) is 0.312. The number of hydroxylamine groups is 1. The van der Waals surface area contributed by atoms with E-state index >= 15 is 0 Å². The van der Waals surface area contributed by atoms with Gasteiger partial charge in [-0.05, 0) is 36.5 Å². The molecule has 0 bridgehead atoms. The van der Waals surface area contributed by atoms with Gasteiger partial charge in [-0.3, -0.25) is 9.82 Å². The summed E-state index contributed by atoms with van der Waals surface area (Å²) in [4.78, 5) is 10.1. The molecule has 2 aromatic rings. The first-order valence-corrected chi connectivity index (χ1v) is 6.78. The molecule has 1 aromatic carbocycles. The quantitative estimate of drug-likeness (QED) is 0.851. The van der Waals surface area contributed by atoms with Crippen LogP contribution in [0.4, 0.5) is 0 Å². The number of hydrogen-bond acceptors (Lipinski definition) is 3. The molecule has 3 rings (SSSR count). The average Bonchev–Trinajstić information content (AvgIpc) is 2.49. The minimum absolute atomic E-state index is 0.216. The van der Waals surface area contributed by atoms with E-state index in [1.54, 1.807) is 0 Å². The Labute approximate surface area is 113 Å². The molecule has 0 spiro atoms. The maximum absolute atomic E-state index is 5.63. The van der Waals surface area contributed by atoms with Gasteiger partial charge in [0, 0.05) is 6.20 Å². The highest BCUT2D eigenvalue weighted by atomic mass is 16.6. The number of pyridine rings is 1. The molecule has 0 saturated heterocycles. The molecule has 1 aromatic heterocycles. The van der Waals surface area contributed by atoms with Gasteiger partial charge in [0.1, 0.15) is 0 Å². The molecule has 1 N–H and O–H groups in total. The standard InChI is InChI=1S/C16H18N2O/c1-2-6-13(7-3-1)12-19-18-15-10-4-8-14-9-5-11-17-16(14)15/h1-3,5-7,9,11,15,18H,4,8,10,12H2. The molecule has 0 radical (unpaired) electrons. The molecule has 19 heavy (non-hydrogen) atoms. The number of benzene rings is 1. The molecule has 0 aliphatic heterocycles. The number of nitrogens with zero attached hydrogens (tertiary/aromatic N) is 1. The van der Waals surface area contributed by atoms with Crippen LogP contribution < -0.4 is 5.48 Å². The van der Waals surface area contributed by atoms with Gasteiger partial charge >= 0.3 is 0 Å². The zero-order valence-electron chi connectivity index (χ0n) is 10.9. The van der Waals surface area contributed by atoms with Crippen molar-refractivity contribution >= 4 is 0 Å². The summed E-state index contributed by atoms with van der Waals surface area (Å²) in [6.45, 7) is 0.583. The van der Waals surface area contributed by atoms with Crippen LogP contribution in [0.1, 0.15) is 35.7 Å². The van der Waals surface area contributed by atoms with Crippen LogP contribution in [0.3, 0.4) is 0 Å². The van der Waals surface area contributed by atoms with Gasteiger partial charge in [-0.25, -0.2) is 0 Å². The maximum atomic E-state index is 5.63. The average molecular weight is 254 g/mol. The monoisotopic (exact) mass is 254 g/mol. The minimum Gasteiger partial charge on any atom is -0.296 e. The normalized spacial score (nSPS) is 18.0. The second kappa shape index (κ2) is 5.95. The van der Waals surface area contributed by atoms with E-state index in [0.717, 1.165) is 18.5 Å². The zero-order valence-corrected chi connectivity index (χ0v) is 10.9. The van der Waals surface area contributed by atoms with Crippen LogP contribution >= 0.6 is 0 Å². The van der Waals surface area contributed by atoms with Gasteiger partial charge in [0.05, 0.1) is 18.3 Å². The Morgan fingerprint density at radius 1 is 1.16 bits per heavy atom. The van der Waals surface area contributed by atoms with Crippen LogP contribution in [-0.2, 0) is 17.9 Å². The number of nitrogens with one attached hydrogen (secondary N) is 1. The summed E-state index contributed by atoms with van der Waals surface area (Å²) in [6.07, 6.45) is 5.25. The van der Waals surface area contributed by atoms with Crippen molar-refractivity contribution in [3.8, 4) is 0 Å². The molecule has 1 atom stereocenters. The van der Waals surface area contributed by atoms with E-state index in [4.69, 9.17) is 4.84 Å². The van der Waals surface area contributed by atoms with Gasteiger partial charge in [-0.1, -0.05) is 36.4 Å². The van der Waals surface area contributed by atoms with Gasteiger partial charge in [-0.2, -0.15) is 5.48 Å². The van der Waals surface area contributed by atoms with Crippen molar-refractivity contribution in [2.24, 2.45) is 0 Å². The number of hydrogen-bond donors (Lipinski definition) is 1. The summed E-state index contributed by atoms with van der Waals surface area (Å²) in [6, 6.07) is 14.6. The van der Waals surface area contributed by atoms with Crippen molar-refractivity contribution in [3.05, 3.63) is 65.5 Å². The molecular formula is C16H18N2O. The number of aryl methyl sites for hydroxylation is 1. The SMILES string of the molecule is c1ccc(CONC2CCCc3cccnc32)cc1.